The molecule has 0 aromatic heterocycles. The Kier molecular flexibility index (Phi) is 18.8. The quantitative estimate of drug-likeness (QED) is 0.0916. The van der Waals surface area contributed by atoms with Crippen molar-refractivity contribution in [2.45, 2.75) is 135 Å². The number of rotatable bonds is 11. The summed E-state index contributed by atoms with van der Waals surface area (Å²) >= 11 is 3.28. The molecule has 6 nitrogen and oxygen atoms in total. The molecule has 0 unspecified atom stereocenters. The zero-order chi connectivity index (χ0) is 42.6. The van der Waals surface area contributed by atoms with Gasteiger partial charge in [-0.1, -0.05) is 100 Å². The first-order valence-electron chi connectivity index (χ1n) is 21.2. The molecule has 0 heterocycles. The van der Waals surface area contributed by atoms with Crippen LogP contribution in [0, 0.1) is 0 Å². The van der Waals surface area contributed by atoms with Crippen molar-refractivity contribution in [1.82, 2.24) is 0 Å². The zero-order valence-corrected chi connectivity index (χ0v) is 39.9. The van der Waals surface area contributed by atoms with Crippen molar-refractivity contribution in [3.63, 3.8) is 0 Å². The number of ether oxygens (including phenoxy) is 2. The van der Waals surface area contributed by atoms with E-state index in [1.807, 2.05) is 33.4 Å². The third-order valence-electron chi connectivity index (χ3n) is 11.5. The SMILES string of the molecule is CNc1ccccc1-c1cccc[c]1[Pd+].COc1ccc(OC)c(P(C2CCCCC2)C2CCCCC2)c1-c1c(C(C)C)cc(C(C)C)cc1C(C)C.CS(=O)(=O)[O-]. The molecule has 2 saturated carbocycles. The van der Waals surface area contributed by atoms with E-state index in [1.54, 1.807) is 0 Å². The molecule has 9 heteroatoms. The topological polar surface area (TPSA) is 87.7 Å². The fourth-order valence-electron chi connectivity index (χ4n) is 8.61. The van der Waals surface area contributed by atoms with Crippen molar-refractivity contribution >= 4 is 33.1 Å². The van der Waals surface area contributed by atoms with Gasteiger partial charge in [-0.15, -0.1) is 0 Å². The van der Waals surface area contributed by atoms with Gasteiger partial charge in [-0.25, -0.2) is 8.42 Å². The molecule has 2 aliphatic carbocycles. The van der Waals surface area contributed by atoms with Crippen LogP contribution in [0.2, 0.25) is 0 Å². The first-order chi connectivity index (χ1) is 27.6. The minimum Gasteiger partial charge on any atom is -0.748 e. The minimum absolute atomic E-state index is 0.373. The predicted molar refractivity (Wildman–Crippen MR) is 244 cm³/mol. The number of hydrogen-bond donors (Lipinski definition) is 1. The van der Waals surface area contributed by atoms with Crippen molar-refractivity contribution in [2.24, 2.45) is 0 Å². The van der Waals surface area contributed by atoms with Gasteiger partial charge in [-0.2, -0.15) is 0 Å². The van der Waals surface area contributed by atoms with Crippen LogP contribution in [0.4, 0.5) is 5.69 Å². The Bertz CT molecular complexity index is 1960. The zero-order valence-electron chi connectivity index (χ0n) is 36.6. The summed E-state index contributed by atoms with van der Waals surface area (Å²) in [6.45, 7) is 14.1. The Hall–Kier alpha value is -2.72. The summed E-state index contributed by atoms with van der Waals surface area (Å²) in [6.07, 6.45) is 14.5. The van der Waals surface area contributed by atoms with Gasteiger partial charge in [0.15, 0.2) is 0 Å². The Morgan fingerprint density at radius 1 is 0.672 bits per heavy atom. The van der Waals surface area contributed by atoms with Crippen LogP contribution in [0.25, 0.3) is 22.3 Å². The Morgan fingerprint density at radius 2 is 1.12 bits per heavy atom. The summed E-state index contributed by atoms with van der Waals surface area (Å²) in [5.74, 6) is 3.50. The number of benzene rings is 4. The van der Waals surface area contributed by atoms with Gasteiger partial charge in [0.2, 0.25) is 0 Å². The van der Waals surface area contributed by atoms with Crippen LogP contribution in [0.5, 0.6) is 11.5 Å². The van der Waals surface area contributed by atoms with E-state index in [0.717, 1.165) is 32.5 Å². The number of methoxy groups -OCH3 is 2. The van der Waals surface area contributed by atoms with Gasteiger partial charge in [-0.05, 0) is 89.1 Å². The number of para-hydroxylation sites is 1. The molecule has 0 bridgehead atoms. The van der Waals surface area contributed by atoms with E-state index in [2.05, 4.69) is 127 Å². The third kappa shape index (κ3) is 12.9. The van der Waals surface area contributed by atoms with E-state index < -0.39 is 10.1 Å². The largest absolute Gasteiger partial charge is 0.748 e. The number of nitrogens with one attached hydrogen (secondary N) is 1. The van der Waals surface area contributed by atoms with Crippen LogP contribution in [0.3, 0.4) is 0 Å². The number of hydrogen-bond acceptors (Lipinski definition) is 6. The Morgan fingerprint density at radius 3 is 1.55 bits per heavy atom. The molecule has 6 rings (SSSR count). The first-order valence-corrected chi connectivity index (χ1v) is 25.3. The molecule has 1 N–H and O–H groups in total. The maximum Gasteiger partial charge on any atom is 0.127 e. The van der Waals surface area contributed by atoms with E-state index in [-0.39, 0.29) is 7.92 Å². The smallest absolute Gasteiger partial charge is 0.127 e. The van der Waals surface area contributed by atoms with Crippen LogP contribution in [0.15, 0.2) is 72.8 Å². The van der Waals surface area contributed by atoms with Gasteiger partial charge in [0.05, 0.1) is 24.3 Å². The molecule has 4 aromatic carbocycles. The molecule has 0 amide bonds. The van der Waals surface area contributed by atoms with Gasteiger partial charge >= 0.3 is 101 Å². The second-order valence-electron chi connectivity index (χ2n) is 16.7. The Labute approximate surface area is 363 Å². The van der Waals surface area contributed by atoms with Gasteiger partial charge in [0.25, 0.3) is 0 Å². The molecule has 0 spiro atoms. The monoisotopic (exact) mass is 919 g/mol. The predicted octanol–water partition coefficient (Wildman–Crippen LogP) is 12.2. The van der Waals surface area contributed by atoms with Crippen LogP contribution in [-0.4, -0.2) is 51.8 Å². The number of anilines is 1. The van der Waals surface area contributed by atoms with Crippen molar-refractivity contribution < 1.29 is 41.6 Å². The van der Waals surface area contributed by atoms with Gasteiger partial charge < -0.3 is 14.0 Å². The molecule has 0 aliphatic heterocycles. The molecule has 58 heavy (non-hydrogen) atoms. The van der Waals surface area contributed by atoms with E-state index in [9.17, 15) is 0 Å². The summed E-state index contributed by atoms with van der Waals surface area (Å²) < 4.78 is 40.9. The van der Waals surface area contributed by atoms with Gasteiger partial charge in [0.1, 0.15) is 11.5 Å². The maximum atomic E-state index is 9.08. The maximum absolute atomic E-state index is 9.08. The molecule has 4 aromatic rings. The van der Waals surface area contributed by atoms with Crippen molar-refractivity contribution in [3.05, 3.63) is 89.5 Å². The van der Waals surface area contributed by atoms with Crippen molar-refractivity contribution in [1.29, 1.82) is 0 Å². The Balaban J connectivity index is 0.000000305. The second kappa shape index (κ2) is 22.8. The van der Waals surface area contributed by atoms with E-state index >= 15 is 0 Å². The average Bonchev–Trinajstić information content (AvgIpc) is 3.20. The standard InChI is InChI=1S/C35H53O2P.C13H12N.CH4O3S.Pd/c1-23(2)26-21-29(24(3)4)33(30(22-26)25(5)6)34-31(36-7)19-20-32(37-8)35(34)38(27-15-11-9-12-16-27)28-17-13-10-14-18-28;1-14-13-10-6-5-9-12(13)11-7-3-2-4-8-11;1-5(2,3)4;/h19-25,27-28H,9-18H2,1-8H3;2-7,9-10,14H,1H3;1H3,(H,2,3,4);/q;;;+1/p-1. The summed E-state index contributed by atoms with van der Waals surface area (Å²) in [5, 5.41) is 4.72. The molecular formula is C49H68NO5PPdS. The fourth-order valence-corrected chi connectivity index (χ4v) is 13.2. The molecule has 0 atom stereocenters. The van der Waals surface area contributed by atoms with E-state index in [0.29, 0.717) is 24.0 Å². The fraction of sp³-hybridized carbons (Fsp3) is 0.510. The van der Waals surface area contributed by atoms with Crippen molar-refractivity contribution in [3.8, 4) is 33.8 Å². The van der Waals surface area contributed by atoms with Crippen LogP contribution in [-0.2, 0) is 29.3 Å². The normalized spacial score (nSPS) is 15.2. The third-order valence-corrected chi connectivity index (χ3v) is 15.7. The van der Waals surface area contributed by atoms with Crippen LogP contribution in [0.1, 0.15) is 140 Å². The molecular weight excluding hydrogens is 852 g/mol. The first kappa shape index (κ1) is 48.0. The molecule has 0 radical (unpaired) electrons. The van der Waals surface area contributed by atoms with Crippen molar-refractivity contribution in [2.75, 3.05) is 32.8 Å². The van der Waals surface area contributed by atoms with E-state index in [1.165, 1.54) is 108 Å². The molecule has 0 saturated heterocycles. The van der Waals surface area contributed by atoms with Gasteiger partial charge in [-0.3, -0.25) is 0 Å². The van der Waals surface area contributed by atoms with E-state index in [4.69, 9.17) is 22.4 Å². The summed E-state index contributed by atoms with van der Waals surface area (Å²) in [4.78, 5) is 0. The second-order valence-corrected chi connectivity index (χ2v) is 21.6. The van der Waals surface area contributed by atoms with Gasteiger partial charge in [0, 0.05) is 17.1 Å². The molecule has 2 aliphatic rings. The molecule has 2 fully saturated rings. The summed E-state index contributed by atoms with van der Waals surface area (Å²) in [6, 6.07) is 26.0. The average molecular weight is 921 g/mol. The summed E-state index contributed by atoms with van der Waals surface area (Å²) in [7, 11) is 1.41. The van der Waals surface area contributed by atoms with Crippen LogP contribution < -0.4 is 24.1 Å². The van der Waals surface area contributed by atoms with Crippen LogP contribution >= 0.6 is 7.92 Å². The summed E-state index contributed by atoms with van der Waals surface area (Å²) in [5.41, 5.74) is 12.4. The minimum atomic E-state index is -3.92. The molecule has 320 valence electrons.